The predicted octanol–water partition coefficient (Wildman–Crippen LogP) is 4.98. The number of nitrogens with one attached hydrogen (secondary N) is 1. The number of halogens is 2. The van der Waals surface area contributed by atoms with Gasteiger partial charge in [-0.3, -0.25) is 0 Å². The minimum Gasteiger partial charge on any atom is -0.312 e. The lowest BCUT2D eigenvalue weighted by molar-refractivity contribution is 0.631. The molecule has 2 aromatic rings. The number of nitrogens with zero attached hydrogens (tertiary/aromatic N) is 1. The Balaban J connectivity index is 1.92. The third kappa shape index (κ3) is 3.28. The van der Waals surface area contributed by atoms with Crippen molar-refractivity contribution in [3.63, 3.8) is 0 Å². The van der Waals surface area contributed by atoms with Gasteiger partial charge in [-0.25, -0.2) is 9.37 Å². The molecule has 1 heterocycles. The smallest absolute Gasteiger partial charge is 0.152 e. The Morgan fingerprint density at radius 2 is 2.24 bits per heavy atom. The molecular formula is C16H18ClFN2S. The van der Waals surface area contributed by atoms with E-state index in [1.165, 1.54) is 17.7 Å². The van der Waals surface area contributed by atoms with Crippen LogP contribution in [0.25, 0.3) is 10.6 Å². The van der Waals surface area contributed by atoms with E-state index in [4.69, 9.17) is 16.6 Å². The van der Waals surface area contributed by atoms with Gasteiger partial charge in [0, 0.05) is 22.9 Å². The van der Waals surface area contributed by atoms with Gasteiger partial charge in [0.2, 0.25) is 0 Å². The number of benzene rings is 1. The first-order valence-electron chi connectivity index (χ1n) is 7.35. The number of thiazole rings is 1. The van der Waals surface area contributed by atoms with Crippen LogP contribution in [0.5, 0.6) is 0 Å². The summed E-state index contributed by atoms with van der Waals surface area (Å²) >= 11 is 7.46. The lowest BCUT2D eigenvalue weighted by Gasteiger charge is -2.02. The van der Waals surface area contributed by atoms with E-state index in [0.717, 1.165) is 30.2 Å². The molecule has 0 unspecified atom stereocenters. The fourth-order valence-electron chi connectivity index (χ4n) is 2.33. The van der Waals surface area contributed by atoms with E-state index in [-0.39, 0.29) is 10.8 Å². The first-order chi connectivity index (χ1) is 10.2. The van der Waals surface area contributed by atoms with Gasteiger partial charge in [0.25, 0.3) is 0 Å². The number of rotatable bonds is 6. The molecule has 1 fully saturated rings. The van der Waals surface area contributed by atoms with Crippen LogP contribution < -0.4 is 5.32 Å². The molecule has 0 saturated heterocycles. The van der Waals surface area contributed by atoms with E-state index in [9.17, 15) is 4.39 Å². The van der Waals surface area contributed by atoms with Crippen LogP contribution in [0.1, 0.15) is 42.7 Å². The van der Waals surface area contributed by atoms with Crippen LogP contribution in [0.15, 0.2) is 18.2 Å². The average Bonchev–Trinajstić information content (AvgIpc) is 3.24. The van der Waals surface area contributed by atoms with Gasteiger partial charge in [-0.15, -0.1) is 11.3 Å². The Bertz CT molecular complexity index is 637. The van der Waals surface area contributed by atoms with Gasteiger partial charge in [-0.2, -0.15) is 0 Å². The first kappa shape index (κ1) is 14.9. The van der Waals surface area contributed by atoms with E-state index >= 15 is 0 Å². The van der Waals surface area contributed by atoms with Crippen molar-refractivity contribution in [2.75, 3.05) is 6.54 Å². The van der Waals surface area contributed by atoms with Gasteiger partial charge in [-0.1, -0.05) is 24.6 Å². The quantitative estimate of drug-likeness (QED) is 0.758. The lowest BCUT2D eigenvalue weighted by atomic mass is 10.2. The molecule has 1 aromatic heterocycles. The van der Waals surface area contributed by atoms with Crippen LogP contribution in [0.2, 0.25) is 5.02 Å². The minimum absolute atomic E-state index is 0.154. The fourth-order valence-corrected chi connectivity index (χ4v) is 3.64. The van der Waals surface area contributed by atoms with E-state index in [0.29, 0.717) is 11.5 Å². The summed E-state index contributed by atoms with van der Waals surface area (Å²) in [5.41, 5.74) is 1.66. The van der Waals surface area contributed by atoms with Crippen molar-refractivity contribution in [2.45, 2.75) is 38.6 Å². The molecule has 0 amide bonds. The second kappa shape index (κ2) is 6.42. The summed E-state index contributed by atoms with van der Waals surface area (Å²) < 4.78 is 14.2. The lowest BCUT2D eigenvalue weighted by Crippen LogP contribution is -2.13. The van der Waals surface area contributed by atoms with Crippen molar-refractivity contribution in [3.05, 3.63) is 39.6 Å². The van der Waals surface area contributed by atoms with Crippen molar-refractivity contribution in [1.29, 1.82) is 0 Å². The molecule has 1 aliphatic rings. The molecule has 21 heavy (non-hydrogen) atoms. The SMILES string of the molecule is CCCNCc1sc(-c2cccc(Cl)c2F)nc1C1CC1. The Hall–Kier alpha value is -0.970. The highest BCUT2D eigenvalue weighted by Gasteiger charge is 2.30. The van der Waals surface area contributed by atoms with Crippen molar-refractivity contribution in [2.24, 2.45) is 0 Å². The van der Waals surface area contributed by atoms with Gasteiger partial charge in [0.1, 0.15) is 5.01 Å². The second-order valence-corrected chi connectivity index (χ2v) is 6.87. The molecular weight excluding hydrogens is 307 g/mol. The maximum absolute atomic E-state index is 14.2. The zero-order valence-corrected chi connectivity index (χ0v) is 13.5. The molecule has 0 spiro atoms. The zero-order valence-electron chi connectivity index (χ0n) is 12.0. The summed E-state index contributed by atoms with van der Waals surface area (Å²) in [7, 11) is 0. The summed E-state index contributed by atoms with van der Waals surface area (Å²) in [6.07, 6.45) is 3.50. The molecule has 1 saturated carbocycles. The van der Waals surface area contributed by atoms with Crippen molar-refractivity contribution >= 4 is 22.9 Å². The standard InChI is InChI=1S/C16H18ClFN2S/c1-2-8-19-9-13-15(10-6-7-10)20-16(21-13)11-4-3-5-12(17)14(11)18/h3-5,10,19H,2,6-9H2,1H3. The highest BCUT2D eigenvalue weighted by Crippen LogP contribution is 2.44. The summed E-state index contributed by atoms with van der Waals surface area (Å²) in [5, 5.41) is 4.31. The van der Waals surface area contributed by atoms with E-state index in [2.05, 4.69) is 12.2 Å². The molecule has 0 bridgehead atoms. The van der Waals surface area contributed by atoms with Crippen LogP contribution in [0.3, 0.4) is 0 Å². The van der Waals surface area contributed by atoms with E-state index < -0.39 is 0 Å². The van der Waals surface area contributed by atoms with Gasteiger partial charge in [0.05, 0.1) is 10.7 Å². The Kier molecular flexibility index (Phi) is 4.57. The summed E-state index contributed by atoms with van der Waals surface area (Å²) in [6, 6.07) is 5.09. The predicted molar refractivity (Wildman–Crippen MR) is 86.5 cm³/mol. The fraction of sp³-hybridized carbons (Fsp3) is 0.438. The van der Waals surface area contributed by atoms with E-state index in [1.807, 2.05) is 0 Å². The molecule has 0 radical (unpaired) electrons. The monoisotopic (exact) mass is 324 g/mol. The number of hydrogen-bond acceptors (Lipinski definition) is 3. The van der Waals surface area contributed by atoms with Gasteiger partial charge in [0.15, 0.2) is 5.82 Å². The van der Waals surface area contributed by atoms with Crippen LogP contribution in [0, 0.1) is 5.82 Å². The first-order valence-corrected chi connectivity index (χ1v) is 8.54. The maximum atomic E-state index is 14.2. The highest BCUT2D eigenvalue weighted by molar-refractivity contribution is 7.15. The summed E-state index contributed by atoms with van der Waals surface area (Å²) in [5.74, 6) is 0.194. The van der Waals surface area contributed by atoms with Crippen LogP contribution in [-0.2, 0) is 6.54 Å². The Labute approximate surface area is 133 Å². The molecule has 112 valence electrons. The van der Waals surface area contributed by atoms with Crippen molar-refractivity contribution < 1.29 is 4.39 Å². The molecule has 0 atom stereocenters. The van der Waals surface area contributed by atoms with Gasteiger partial charge in [-0.05, 0) is 37.9 Å². The maximum Gasteiger partial charge on any atom is 0.152 e. The number of aromatic nitrogens is 1. The van der Waals surface area contributed by atoms with Crippen LogP contribution >= 0.6 is 22.9 Å². The highest BCUT2D eigenvalue weighted by atomic mass is 35.5. The van der Waals surface area contributed by atoms with Crippen LogP contribution in [-0.4, -0.2) is 11.5 Å². The molecule has 1 aromatic carbocycles. The summed E-state index contributed by atoms with van der Waals surface area (Å²) in [4.78, 5) is 5.94. The third-order valence-corrected chi connectivity index (χ3v) is 4.98. The molecule has 5 heteroatoms. The normalized spacial score (nSPS) is 14.6. The van der Waals surface area contributed by atoms with E-state index in [1.54, 1.807) is 29.5 Å². The van der Waals surface area contributed by atoms with Crippen molar-refractivity contribution in [3.8, 4) is 10.6 Å². The third-order valence-electron chi connectivity index (χ3n) is 3.59. The zero-order chi connectivity index (χ0) is 14.8. The molecule has 0 aliphatic heterocycles. The average molecular weight is 325 g/mol. The number of hydrogen-bond donors (Lipinski definition) is 1. The minimum atomic E-state index is -0.372. The second-order valence-electron chi connectivity index (χ2n) is 5.38. The molecule has 1 N–H and O–H groups in total. The summed E-state index contributed by atoms with van der Waals surface area (Å²) in [6.45, 7) is 3.95. The Morgan fingerprint density at radius 3 is 2.95 bits per heavy atom. The van der Waals surface area contributed by atoms with Crippen LogP contribution in [0.4, 0.5) is 4.39 Å². The van der Waals surface area contributed by atoms with Gasteiger partial charge >= 0.3 is 0 Å². The molecule has 3 rings (SSSR count). The molecule has 2 nitrogen and oxygen atoms in total. The molecule has 1 aliphatic carbocycles. The Morgan fingerprint density at radius 1 is 1.43 bits per heavy atom. The topological polar surface area (TPSA) is 24.9 Å². The van der Waals surface area contributed by atoms with Gasteiger partial charge < -0.3 is 5.32 Å². The largest absolute Gasteiger partial charge is 0.312 e. The van der Waals surface area contributed by atoms with Crippen molar-refractivity contribution in [1.82, 2.24) is 10.3 Å².